The summed E-state index contributed by atoms with van der Waals surface area (Å²) < 4.78 is 0. The Morgan fingerprint density at radius 3 is 3.23 bits per heavy atom. The van der Waals surface area contributed by atoms with E-state index in [0.717, 1.165) is 19.5 Å². The van der Waals surface area contributed by atoms with Crippen molar-refractivity contribution in [1.29, 1.82) is 0 Å². The Morgan fingerprint density at radius 2 is 2.54 bits per heavy atom. The molecule has 0 unspecified atom stereocenters. The number of carbonyl (C=O) groups excluding carboxylic acids is 1. The summed E-state index contributed by atoms with van der Waals surface area (Å²) in [6.07, 6.45) is 1.08. The molecule has 0 bridgehead atoms. The molecule has 4 heteroatoms. The molecule has 1 amide bonds. The van der Waals surface area contributed by atoms with Crippen LogP contribution in [0.15, 0.2) is 0 Å². The SMILES string of the molecule is CC[C@]1(C)NCCN2C(=O)CS[C@H]21. The van der Waals surface area contributed by atoms with Gasteiger partial charge in [-0.1, -0.05) is 6.92 Å². The first kappa shape index (κ1) is 9.34. The van der Waals surface area contributed by atoms with Crippen LogP contribution in [0.2, 0.25) is 0 Å². The third-order valence-electron chi connectivity index (χ3n) is 3.13. The molecule has 1 N–H and O–H groups in total. The van der Waals surface area contributed by atoms with Crippen molar-refractivity contribution in [3.05, 3.63) is 0 Å². The standard InChI is InChI=1S/C9H16N2OS/c1-3-9(2)8-11(5-4-10-9)7(12)6-13-8/h8,10H,3-6H2,1-2H3/t8-,9-/m0/s1. The zero-order chi connectivity index (χ0) is 9.47. The molecule has 0 spiro atoms. The Balaban J connectivity index is 2.20. The molecular formula is C9H16N2OS. The number of nitrogens with one attached hydrogen (secondary N) is 1. The summed E-state index contributed by atoms with van der Waals surface area (Å²) in [6, 6.07) is 0. The fraction of sp³-hybridized carbons (Fsp3) is 0.889. The van der Waals surface area contributed by atoms with Gasteiger partial charge in [0.1, 0.15) is 0 Å². The number of amides is 1. The Morgan fingerprint density at radius 1 is 1.77 bits per heavy atom. The molecule has 2 aliphatic heterocycles. The number of thioether (sulfide) groups is 1. The van der Waals surface area contributed by atoms with Crippen molar-refractivity contribution in [3.8, 4) is 0 Å². The molecule has 0 radical (unpaired) electrons. The van der Waals surface area contributed by atoms with E-state index in [1.165, 1.54) is 0 Å². The van der Waals surface area contributed by atoms with Crippen LogP contribution in [0.5, 0.6) is 0 Å². The second-order valence-electron chi connectivity index (χ2n) is 3.95. The minimum Gasteiger partial charge on any atom is -0.327 e. The third-order valence-corrected chi connectivity index (χ3v) is 4.63. The Bertz CT molecular complexity index is 234. The molecule has 2 rings (SSSR count). The van der Waals surface area contributed by atoms with Gasteiger partial charge in [-0.15, -0.1) is 11.8 Å². The molecule has 0 aromatic rings. The van der Waals surface area contributed by atoms with Gasteiger partial charge >= 0.3 is 0 Å². The second-order valence-corrected chi connectivity index (χ2v) is 5.02. The van der Waals surface area contributed by atoms with Crippen molar-refractivity contribution in [1.82, 2.24) is 10.2 Å². The number of hydrogen-bond acceptors (Lipinski definition) is 3. The largest absolute Gasteiger partial charge is 0.327 e. The van der Waals surface area contributed by atoms with Crippen molar-refractivity contribution in [2.45, 2.75) is 31.2 Å². The van der Waals surface area contributed by atoms with E-state index in [4.69, 9.17) is 0 Å². The number of nitrogens with zero attached hydrogens (tertiary/aromatic N) is 1. The number of hydrogen-bond donors (Lipinski definition) is 1. The zero-order valence-electron chi connectivity index (χ0n) is 8.17. The van der Waals surface area contributed by atoms with Gasteiger partial charge in [-0.05, 0) is 13.3 Å². The average Bonchev–Trinajstić information content (AvgIpc) is 2.50. The van der Waals surface area contributed by atoms with Gasteiger partial charge in [0.05, 0.1) is 11.1 Å². The van der Waals surface area contributed by atoms with E-state index in [-0.39, 0.29) is 5.54 Å². The maximum atomic E-state index is 11.5. The summed E-state index contributed by atoms with van der Waals surface area (Å²) >= 11 is 1.78. The van der Waals surface area contributed by atoms with Crippen molar-refractivity contribution < 1.29 is 4.79 Å². The minimum atomic E-state index is 0.120. The lowest BCUT2D eigenvalue weighted by atomic mass is 9.95. The minimum absolute atomic E-state index is 0.120. The normalized spacial score (nSPS) is 39.4. The van der Waals surface area contributed by atoms with E-state index in [1.54, 1.807) is 11.8 Å². The number of piperazine rings is 1. The summed E-state index contributed by atoms with van der Waals surface area (Å²) in [7, 11) is 0. The first-order valence-corrected chi connectivity index (χ1v) is 5.88. The highest BCUT2D eigenvalue weighted by Crippen LogP contribution is 2.36. The highest BCUT2D eigenvalue weighted by atomic mass is 32.2. The molecule has 2 fully saturated rings. The fourth-order valence-electron chi connectivity index (χ4n) is 2.07. The lowest BCUT2D eigenvalue weighted by Gasteiger charge is -2.44. The second kappa shape index (κ2) is 3.17. The summed E-state index contributed by atoms with van der Waals surface area (Å²) in [5, 5.41) is 3.88. The van der Waals surface area contributed by atoms with Crippen LogP contribution in [0.25, 0.3) is 0 Å². The molecule has 74 valence electrons. The van der Waals surface area contributed by atoms with Crippen LogP contribution in [-0.2, 0) is 4.79 Å². The van der Waals surface area contributed by atoms with Crippen LogP contribution in [0.4, 0.5) is 0 Å². The van der Waals surface area contributed by atoms with E-state index < -0.39 is 0 Å². The summed E-state index contributed by atoms with van der Waals surface area (Å²) in [5.74, 6) is 0.984. The van der Waals surface area contributed by atoms with Gasteiger partial charge < -0.3 is 10.2 Å². The van der Waals surface area contributed by atoms with Crippen LogP contribution in [0.3, 0.4) is 0 Å². The average molecular weight is 200 g/mol. The maximum absolute atomic E-state index is 11.5. The van der Waals surface area contributed by atoms with Gasteiger partial charge in [-0.3, -0.25) is 4.79 Å². The third kappa shape index (κ3) is 1.36. The fourth-order valence-corrected chi connectivity index (χ4v) is 3.56. The van der Waals surface area contributed by atoms with E-state index in [0.29, 0.717) is 17.0 Å². The van der Waals surface area contributed by atoms with E-state index in [2.05, 4.69) is 19.2 Å². The quantitative estimate of drug-likeness (QED) is 0.675. The highest BCUT2D eigenvalue weighted by molar-refractivity contribution is 8.01. The molecular weight excluding hydrogens is 184 g/mol. The van der Waals surface area contributed by atoms with Crippen molar-refractivity contribution in [3.63, 3.8) is 0 Å². The molecule has 0 aliphatic carbocycles. The van der Waals surface area contributed by atoms with E-state index >= 15 is 0 Å². The predicted octanol–water partition coefficient (Wildman–Crippen LogP) is 0.660. The molecule has 3 nitrogen and oxygen atoms in total. The summed E-state index contributed by atoms with van der Waals surface area (Å²) in [4.78, 5) is 13.5. The molecule has 2 saturated heterocycles. The summed E-state index contributed by atoms with van der Waals surface area (Å²) in [6.45, 7) is 6.22. The Labute approximate surface area is 83.2 Å². The molecule has 2 heterocycles. The topological polar surface area (TPSA) is 32.3 Å². The molecule has 2 aliphatic rings. The molecule has 13 heavy (non-hydrogen) atoms. The van der Waals surface area contributed by atoms with Crippen molar-refractivity contribution in [2.75, 3.05) is 18.8 Å². The first-order valence-electron chi connectivity index (χ1n) is 4.83. The van der Waals surface area contributed by atoms with Crippen LogP contribution < -0.4 is 5.32 Å². The van der Waals surface area contributed by atoms with Crippen LogP contribution in [0.1, 0.15) is 20.3 Å². The molecule has 2 atom stereocenters. The number of fused-ring (bicyclic) bond motifs is 1. The molecule has 0 aromatic carbocycles. The number of rotatable bonds is 1. The smallest absolute Gasteiger partial charge is 0.233 e. The maximum Gasteiger partial charge on any atom is 0.233 e. The monoisotopic (exact) mass is 200 g/mol. The first-order chi connectivity index (χ1) is 6.17. The van der Waals surface area contributed by atoms with Gasteiger partial charge in [0.15, 0.2) is 0 Å². The van der Waals surface area contributed by atoms with Crippen LogP contribution in [-0.4, -0.2) is 40.6 Å². The lowest BCUT2D eigenvalue weighted by Crippen LogP contribution is -2.62. The predicted molar refractivity (Wildman–Crippen MR) is 54.7 cm³/mol. The van der Waals surface area contributed by atoms with Crippen molar-refractivity contribution in [2.24, 2.45) is 0 Å². The molecule has 0 saturated carbocycles. The van der Waals surface area contributed by atoms with Gasteiger partial charge in [-0.2, -0.15) is 0 Å². The van der Waals surface area contributed by atoms with Crippen LogP contribution >= 0.6 is 11.8 Å². The van der Waals surface area contributed by atoms with Gasteiger partial charge in [0, 0.05) is 18.6 Å². The number of carbonyl (C=O) groups is 1. The van der Waals surface area contributed by atoms with Gasteiger partial charge in [0.25, 0.3) is 0 Å². The molecule has 0 aromatic heterocycles. The zero-order valence-corrected chi connectivity index (χ0v) is 8.99. The lowest BCUT2D eigenvalue weighted by molar-refractivity contribution is -0.130. The summed E-state index contributed by atoms with van der Waals surface area (Å²) in [5.41, 5.74) is 0.120. The van der Waals surface area contributed by atoms with Gasteiger partial charge in [-0.25, -0.2) is 0 Å². The van der Waals surface area contributed by atoms with Gasteiger partial charge in [0.2, 0.25) is 5.91 Å². The van der Waals surface area contributed by atoms with E-state index in [9.17, 15) is 4.79 Å². The highest BCUT2D eigenvalue weighted by Gasteiger charge is 2.45. The van der Waals surface area contributed by atoms with Crippen LogP contribution in [0, 0.1) is 0 Å². The van der Waals surface area contributed by atoms with E-state index in [1.807, 2.05) is 4.90 Å². The Kier molecular flexibility index (Phi) is 2.28. The Hall–Kier alpha value is -0.220. The van der Waals surface area contributed by atoms with Crippen molar-refractivity contribution >= 4 is 17.7 Å².